The Morgan fingerprint density at radius 1 is 0.957 bits per heavy atom. The summed E-state index contributed by atoms with van der Waals surface area (Å²) in [5, 5.41) is 20.8. The van der Waals surface area contributed by atoms with Crippen molar-refractivity contribution in [2.75, 3.05) is 0 Å². The molecule has 1 N–H and O–H groups in total. The van der Waals surface area contributed by atoms with Crippen molar-refractivity contribution in [3.8, 4) is 0 Å². The highest BCUT2D eigenvalue weighted by Crippen LogP contribution is 2.09. The Kier molecular flexibility index (Phi) is 4.42. The van der Waals surface area contributed by atoms with Crippen molar-refractivity contribution < 1.29 is 9.90 Å². The lowest BCUT2D eigenvalue weighted by Gasteiger charge is -2.05. The van der Waals surface area contributed by atoms with E-state index in [1.807, 2.05) is 18.2 Å². The number of nitrogens with zero attached hydrogens (tertiary/aromatic N) is 4. The molecule has 0 aliphatic rings. The Morgan fingerprint density at radius 2 is 1.70 bits per heavy atom. The highest BCUT2D eigenvalue weighted by atomic mass is 16.4. The van der Waals surface area contributed by atoms with Gasteiger partial charge in [-0.15, -0.1) is 5.10 Å². The largest absolute Gasteiger partial charge is 0.478 e. The van der Waals surface area contributed by atoms with Crippen molar-refractivity contribution in [1.82, 2.24) is 20.2 Å². The summed E-state index contributed by atoms with van der Waals surface area (Å²) in [7, 11) is 0. The maximum absolute atomic E-state index is 10.9. The van der Waals surface area contributed by atoms with Crippen molar-refractivity contribution in [2.24, 2.45) is 0 Å². The van der Waals surface area contributed by atoms with E-state index in [2.05, 4.69) is 27.7 Å². The molecule has 6 heteroatoms. The van der Waals surface area contributed by atoms with Crippen LogP contribution in [0.15, 0.2) is 54.6 Å². The van der Waals surface area contributed by atoms with Gasteiger partial charge in [0.1, 0.15) is 0 Å². The Balaban J connectivity index is 1.67. The molecule has 0 bridgehead atoms. The Bertz CT molecular complexity index is 782. The molecule has 6 nitrogen and oxygen atoms in total. The number of hydrogen-bond acceptors (Lipinski definition) is 4. The van der Waals surface area contributed by atoms with Crippen LogP contribution in [0.25, 0.3) is 0 Å². The number of rotatable bonds is 6. The maximum Gasteiger partial charge on any atom is 0.335 e. The normalized spacial score (nSPS) is 10.6. The van der Waals surface area contributed by atoms with Crippen LogP contribution >= 0.6 is 0 Å². The predicted octanol–water partition coefficient (Wildman–Crippen LogP) is 2.20. The van der Waals surface area contributed by atoms with E-state index < -0.39 is 5.97 Å². The standard InChI is InChI=1S/C17H16N4O2/c22-17(23)15-9-6-14(7-10-15)12-21-16(18-19-20-21)11-8-13-4-2-1-3-5-13/h1-7,9-10H,8,11-12H2,(H,22,23). The van der Waals surface area contributed by atoms with E-state index in [1.165, 1.54) is 5.56 Å². The molecule has 0 aliphatic carbocycles. The van der Waals surface area contributed by atoms with Crippen molar-refractivity contribution in [2.45, 2.75) is 19.4 Å². The summed E-state index contributed by atoms with van der Waals surface area (Å²) in [6.45, 7) is 0.525. The molecule has 0 radical (unpaired) electrons. The minimum Gasteiger partial charge on any atom is -0.478 e. The van der Waals surface area contributed by atoms with Crippen LogP contribution in [0.4, 0.5) is 0 Å². The lowest BCUT2D eigenvalue weighted by Crippen LogP contribution is -2.08. The van der Waals surface area contributed by atoms with E-state index in [0.29, 0.717) is 6.54 Å². The molecule has 0 unspecified atom stereocenters. The molecule has 0 aliphatic heterocycles. The molecule has 0 saturated heterocycles. The van der Waals surface area contributed by atoms with Gasteiger partial charge in [-0.1, -0.05) is 42.5 Å². The van der Waals surface area contributed by atoms with Crippen LogP contribution in [-0.4, -0.2) is 31.3 Å². The van der Waals surface area contributed by atoms with Gasteiger partial charge in [-0.05, 0) is 40.1 Å². The average molecular weight is 308 g/mol. The van der Waals surface area contributed by atoms with Crippen LogP contribution in [0.5, 0.6) is 0 Å². The van der Waals surface area contributed by atoms with E-state index in [0.717, 1.165) is 24.2 Å². The van der Waals surface area contributed by atoms with Crippen LogP contribution in [0.1, 0.15) is 27.3 Å². The second-order valence-corrected chi connectivity index (χ2v) is 5.24. The highest BCUT2D eigenvalue weighted by molar-refractivity contribution is 5.87. The fraction of sp³-hybridized carbons (Fsp3) is 0.176. The van der Waals surface area contributed by atoms with Gasteiger partial charge in [-0.3, -0.25) is 0 Å². The Labute approximate surface area is 133 Å². The summed E-state index contributed by atoms with van der Waals surface area (Å²) in [4.78, 5) is 10.9. The van der Waals surface area contributed by atoms with Gasteiger partial charge in [0.2, 0.25) is 0 Å². The van der Waals surface area contributed by atoms with Crippen molar-refractivity contribution in [1.29, 1.82) is 0 Å². The zero-order valence-corrected chi connectivity index (χ0v) is 12.5. The molecule has 3 rings (SSSR count). The van der Waals surface area contributed by atoms with Gasteiger partial charge >= 0.3 is 5.97 Å². The first-order chi connectivity index (χ1) is 11.2. The number of carboxylic acid groups (broad SMARTS) is 1. The van der Waals surface area contributed by atoms with Crippen LogP contribution in [0.2, 0.25) is 0 Å². The first-order valence-electron chi connectivity index (χ1n) is 7.33. The molecule has 1 heterocycles. The summed E-state index contributed by atoms with van der Waals surface area (Å²) in [6.07, 6.45) is 1.63. The van der Waals surface area contributed by atoms with Crippen molar-refractivity contribution in [3.05, 3.63) is 77.1 Å². The van der Waals surface area contributed by atoms with Gasteiger partial charge in [0.15, 0.2) is 5.82 Å². The summed E-state index contributed by atoms with van der Waals surface area (Å²) in [5.41, 5.74) is 2.48. The molecule has 0 saturated carbocycles. The van der Waals surface area contributed by atoms with Crippen LogP contribution < -0.4 is 0 Å². The number of aromatic carboxylic acids is 1. The van der Waals surface area contributed by atoms with Gasteiger partial charge in [-0.2, -0.15) is 0 Å². The third-order valence-corrected chi connectivity index (χ3v) is 3.62. The van der Waals surface area contributed by atoms with E-state index >= 15 is 0 Å². The smallest absolute Gasteiger partial charge is 0.335 e. The van der Waals surface area contributed by atoms with E-state index in [-0.39, 0.29) is 5.56 Å². The SMILES string of the molecule is O=C(O)c1ccc(Cn2nnnc2CCc2ccccc2)cc1. The molecular weight excluding hydrogens is 292 g/mol. The number of benzene rings is 2. The molecular formula is C17H16N4O2. The summed E-state index contributed by atoms with van der Waals surface area (Å²) < 4.78 is 1.75. The molecule has 2 aromatic carbocycles. The van der Waals surface area contributed by atoms with Gasteiger partial charge in [-0.25, -0.2) is 9.48 Å². The zero-order valence-electron chi connectivity index (χ0n) is 12.5. The van der Waals surface area contributed by atoms with Crippen LogP contribution in [0, 0.1) is 0 Å². The highest BCUT2D eigenvalue weighted by Gasteiger charge is 2.08. The lowest BCUT2D eigenvalue weighted by atomic mass is 10.1. The molecule has 116 valence electrons. The quantitative estimate of drug-likeness (QED) is 0.755. The topological polar surface area (TPSA) is 80.9 Å². The predicted molar refractivity (Wildman–Crippen MR) is 84.2 cm³/mol. The average Bonchev–Trinajstić information content (AvgIpc) is 3.01. The zero-order chi connectivity index (χ0) is 16.1. The van der Waals surface area contributed by atoms with Crippen LogP contribution in [-0.2, 0) is 19.4 Å². The number of aryl methyl sites for hydroxylation is 2. The van der Waals surface area contributed by atoms with Gasteiger partial charge in [0, 0.05) is 6.42 Å². The number of aromatic nitrogens is 4. The van der Waals surface area contributed by atoms with E-state index in [4.69, 9.17) is 5.11 Å². The summed E-state index contributed by atoms with van der Waals surface area (Å²) >= 11 is 0. The molecule has 0 amide bonds. The minimum absolute atomic E-state index is 0.273. The first kappa shape index (κ1) is 14.9. The third kappa shape index (κ3) is 3.79. The summed E-state index contributed by atoms with van der Waals surface area (Å²) in [5.74, 6) is -0.112. The molecule has 1 aromatic heterocycles. The molecule has 0 fully saturated rings. The maximum atomic E-state index is 10.9. The molecule has 0 atom stereocenters. The van der Waals surface area contributed by atoms with Gasteiger partial charge in [0.25, 0.3) is 0 Å². The van der Waals surface area contributed by atoms with Crippen molar-refractivity contribution in [3.63, 3.8) is 0 Å². The molecule has 23 heavy (non-hydrogen) atoms. The first-order valence-corrected chi connectivity index (χ1v) is 7.33. The monoisotopic (exact) mass is 308 g/mol. The molecule has 0 spiro atoms. The van der Waals surface area contributed by atoms with Gasteiger partial charge < -0.3 is 5.11 Å². The Morgan fingerprint density at radius 3 is 2.39 bits per heavy atom. The number of carbonyl (C=O) groups is 1. The third-order valence-electron chi connectivity index (χ3n) is 3.62. The number of carboxylic acids is 1. The fourth-order valence-electron chi connectivity index (χ4n) is 2.35. The van der Waals surface area contributed by atoms with E-state index in [1.54, 1.807) is 28.9 Å². The van der Waals surface area contributed by atoms with Gasteiger partial charge in [0.05, 0.1) is 12.1 Å². The number of hydrogen-bond donors (Lipinski definition) is 1. The summed E-state index contributed by atoms with van der Waals surface area (Å²) in [6, 6.07) is 16.9. The number of tetrazole rings is 1. The fourth-order valence-corrected chi connectivity index (χ4v) is 2.35. The van der Waals surface area contributed by atoms with Crippen molar-refractivity contribution >= 4 is 5.97 Å². The minimum atomic E-state index is -0.928. The van der Waals surface area contributed by atoms with Crippen LogP contribution in [0.3, 0.4) is 0 Å². The lowest BCUT2D eigenvalue weighted by molar-refractivity contribution is 0.0697. The Hall–Kier alpha value is -3.02. The second-order valence-electron chi connectivity index (χ2n) is 5.24. The molecule has 3 aromatic rings. The second kappa shape index (κ2) is 6.83. The van der Waals surface area contributed by atoms with E-state index in [9.17, 15) is 4.79 Å².